The zero-order chi connectivity index (χ0) is 15.4. The Kier molecular flexibility index (Phi) is 8.59. The summed E-state index contributed by atoms with van der Waals surface area (Å²) in [6.45, 7) is 4.98. The number of amides is 1. The second kappa shape index (κ2) is 9.91. The molecule has 0 bridgehead atoms. The fraction of sp³-hybridized carbons (Fsp3) is 0.562. The van der Waals surface area contributed by atoms with Crippen molar-refractivity contribution in [2.45, 2.75) is 18.9 Å². The van der Waals surface area contributed by atoms with Crippen LogP contribution in [0.1, 0.15) is 12.8 Å². The Bertz CT molecular complexity index is 522. The van der Waals surface area contributed by atoms with Crippen LogP contribution < -0.4 is 15.0 Å². The van der Waals surface area contributed by atoms with E-state index in [0.717, 1.165) is 51.1 Å². The van der Waals surface area contributed by atoms with Crippen molar-refractivity contribution in [1.82, 2.24) is 10.2 Å². The lowest BCUT2D eigenvalue weighted by Crippen LogP contribution is -2.43. The highest BCUT2D eigenvalue weighted by molar-refractivity contribution is 5.85. The summed E-state index contributed by atoms with van der Waals surface area (Å²) < 4.78 is 19.8. The first-order valence-electron chi connectivity index (χ1n) is 7.87. The maximum absolute atomic E-state index is 13.9. The molecule has 5 nitrogen and oxygen atoms in total. The lowest BCUT2D eigenvalue weighted by atomic mass is 10.1. The second-order valence-corrected chi connectivity index (χ2v) is 5.84. The molecule has 3 rings (SSSR count). The molecule has 0 spiro atoms. The molecule has 0 atom stereocenters. The number of carbonyl (C=O) groups excluding carboxylic acids is 1. The van der Waals surface area contributed by atoms with Gasteiger partial charge in [-0.25, -0.2) is 4.39 Å². The van der Waals surface area contributed by atoms with Crippen molar-refractivity contribution in [2.24, 2.45) is 0 Å². The molecule has 136 valence electrons. The van der Waals surface area contributed by atoms with Crippen molar-refractivity contribution < 1.29 is 13.9 Å². The van der Waals surface area contributed by atoms with Gasteiger partial charge < -0.3 is 19.9 Å². The smallest absolute Gasteiger partial charge is 0.209 e. The minimum Gasteiger partial charge on any atom is -0.490 e. The molecule has 24 heavy (non-hydrogen) atoms. The number of carbonyl (C=O) groups is 1. The number of hydrogen-bond acceptors (Lipinski definition) is 4. The number of hydrogen-bond donors (Lipinski definition) is 1. The van der Waals surface area contributed by atoms with Crippen LogP contribution in [0.25, 0.3) is 0 Å². The number of piperidine rings is 1. The summed E-state index contributed by atoms with van der Waals surface area (Å²) in [5.41, 5.74) is 0.877. The van der Waals surface area contributed by atoms with Gasteiger partial charge in [0.1, 0.15) is 17.7 Å². The number of ether oxygens (including phenoxy) is 1. The first kappa shape index (κ1) is 20.8. The SMILES string of the molecule is Cl.Cl.O=CN1CCC(Oc2cc(F)cc(N3CCNCC3)c2)CC1. The molecular formula is C16H24Cl2FN3O2. The molecule has 0 radical (unpaired) electrons. The van der Waals surface area contributed by atoms with Gasteiger partial charge in [0.2, 0.25) is 6.41 Å². The summed E-state index contributed by atoms with van der Waals surface area (Å²) in [4.78, 5) is 14.6. The van der Waals surface area contributed by atoms with E-state index < -0.39 is 0 Å². The Balaban J connectivity index is 0.00000144. The zero-order valence-electron chi connectivity index (χ0n) is 13.4. The molecule has 0 unspecified atom stereocenters. The van der Waals surface area contributed by atoms with Gasteiger partial charge in [-0.1, -0.05) is 0 Å². The van der Waals surface area contributed by atoms with Gasteiger partial charge >= 0.3 is 0 Å². The molecule has 2 saturated heterocycles. The van der Waals surface area contributed by atoms with Crippen LogP contribution in [-0.2, 0) is 4.79 Å². The Hall–Kier alpha value is -1.24. The highest BCUT2D eigenvalue weighted by Gasteiger charge is 2.20. The number of nitrogens with zero attached hydrogens (tertiary/aromatic N) is 2. The summed E-state index contributed by atoms with van der Waals surface area (Å²) in [5.74, 6) is 0.314. The molecule has 2 aliphatic rings. The van der Waals surface area contributed by atoms with Gasteiger partial charge in [0.15, 0.2) is 0 Å². The Labute approximate surface area is 154 Å². The minimum absolute atomic E-state index is 0. The number of anilines is 1. The third kappa shape index (κ3) is 5.40. The monoisotopic (exact) mass is 379 g/mol. The summed E-state index contributed by atoms with van der Waals surface area (Å²) >= 11 is 0. The van der Waals surface area contributed by atoms with Crippen molar-refractivity contribution in [3.05, 3.63) is 24.0 Å². The van der Waals surface area contributed by atoms with E-state index >= 15 is 0 Å². The van der Waals surface area contributed by atoms with Crippen molar-refractivity contribution in [2.75, 3.05) is 44.2 Å². The van der Waals surface area contributed by atoms with E-state index in [2.05, 4.69) is 10.2 Å². The second-order valence-electron chi connectivity index (χ2n) is 5.84. The van der Waals surface area contributed by atoms with E-state index in [1.54, 1.807) is 11.0 Å². The van der Waals surface area contributed by atoms with E-state index in [0.29, 0.717) is 18.8 Å². The predicted molar refractivity (Wildman–Crippen MR) is 97.3 cm³/mol. The van der Waals surface area contributed by atoms with Gasteiger partial charge in [0.05, 0.1) is 0 Å². The normalized spacial score (nSPS) is 18.4. The molecule has 8 heteroatoms. The molecule has 1 N–H and O–H groups in total. The number of halogens is 3. The van der Waals surface area contributed by atoms with Crippen LogP contribution in [0.15, 0.2) is 18.2 Å². The van der Waals surface area contributed by atoms with Gasteiger partial charge in [-0.2, -0.15) is 0 Å². The highest BCUT2D eigenvalue weighted by Crippen LogP contribution is 2.26. The molecular weight excluding hydrogens is 356 g/mol. The number of likely N-dealkylation sites (tertiary alicyclic amines) is 1. The molecule has 0 saturated carbocycles. The minimum atomic E-state index is -0.267. The van der Waals surface area contributed by atoms with Crippen molar-refractivity contribution in [1.29, 1.82) is 0 Å². The molecule has 0 aromatic heterocycles. The molecule has 2 aliphatic heterocycles. The number of nitrogens with one attached hydrogen (secondary N) is 1. The van der Waals surface area contributed by atoms with Crippen LogP contribution in [-0.4, -0.2) is 56.7 Å². The van der Waals surface area contributed by atoms with Crippen LogP contribution in [0.2, 0.25) is 0 Å². The third-order valence-electron chi connectivity index (χ3n) is 4.27. The van der Waals surface area contributed by atoms with Crippen LogP contribution in [0.3, 0.4) is 0 Å². The first-order chi connectivity index (χ1) is 10.7. The van der Waals surface area contributed by atoms with E-state index in [1.165, 1.54) is 6.07 Å². The van der Waals surface area contributed by atoms with Gasteiger partial charge in [-0.15, -0.1) is 24.8 Å². The fourth-order valence-electron chi connectivity index (χ4n) is 3.01. The largest absolute Gasteiger partial charge is 0.490 e. The molecule has 2 heterocycles. The number of rotatable bonds is 4. The van der Waals surface area contributed by atoms with E-state index in [-0.39, 0.29) is 36.7 Å². The third-order valence-corrected chi connectivity index (χ3v) is 4.27. The molecule has 1 aromatic rings. The Morgan fingerprint density at radius 3 is 2.38 bits per heavy atom. The molecule has 0 aliphatic carbocycles. The number of piperazine rings is 1. The quantitative estimate of drug-likeness (QED) is 0.813. The molecule has 1 aromatic carbocycles. The van der Waals surface area contributed by atoms with E-state index in [9.17, 15) is 9.18 Å². The Morgan fingerprint density at radius 2 is 1.75 bits per heavy atom. The summed E-state index contributed by atoms with van der Waals surface area (Å²) in [6.07, 6.45) is 2.51. The fourth-order valence-corrected chi connectivity index (χ4v) is 3.01. The summed E-state index contributed by atoms with van der Waals surface area (Å²) in [5, 5.41) is 3.29. The van der Waals surface area contributed by atoms with E-state index in [4.69, 9.17) is 4.74 Å². The zero-order valence-corrected chi connectivity index (χ0v) is 15.1. The average Bonchev–Trinajstić information content (AvgIpc) is 2.56. The van der Waals surface area contributed by atoms with E-state index in [1.807, 2.05) is 6.07 Å². The van der Waals surface area contributed by atoms with Crippen molar-refractivity contribution in [3.8, 4) is 5.75 Å². The highest BCUT2D eigenvalue weighted by atomic mass is 35.5. The predicted octanol–water partition coefficient (Wildman–Crippen LogP) is 2.08. The van der Waals surface area contributed by atoms with Crippen LogP contribution >= 0.6 is 24.8 Å². The maximum atomic E-state index is 13.9. The van der Waals surface area contributed by atoms with Gasteiger partial charge in [-0.3, -0.25) is 4.79 Å². The van der Waals surface area contributed by atoms with Gasteiger partial charge in [0.25, 0.3) is 0 Å². The Morgan fingerprint density at radius 1 is 1.08 bits per heavy atom. The molecule has 1 amide bonds. The standard InChI is InChI=1S/C16H22FN3O2.2ClH/c17-13-9-14(20-7-3-18-4-8-20)11-16(10-13)22-15-1-5-19(12-21)6-2-15;;/h9-12,15,18H,1-8H2;2*1H. The average molecular weight is 380 g/mol. The maximum Gasteiger partial charge on any atom is 0.209 e. The van der Waals surface area contributed by atoms with Gasteiger partial charge in [-0.05, 0) is 6.07 Å². The number of benzene rings is 1. The lowest BCUT2D eigenvalue weighted by Gasteiger charge is -2.31. The van der Waals surface area contributed by atoms with Gasteiger partial charge in [0, 0.05) is 69.9 Å². The topological polar surface area (TPSA) is 44.8 Å². The lowest BCUT2D eigenvalue weighted by molar-refractivity contribution is -0.119. The van der Waals surface area contributed by atoms with Crippen molar-refractivity contribution >= 4 is 36.9 Å². The summed E-state index contributed by atoms with van der Waals surface area (Å²) in [7, 11) is 0. The van der Waals surface area contributed by atoms with Crippen molar-refractivity contribution in [3.63, 3.8) is 0 Å². The first-order valence-corrected chi connectivity index (χ1v) is 7.87. The van der Waals surface area contributed by atoms with Crippen LogP contribution in [0.5, 0.6) is 5.75 Å². The summed E-state index contributed by atoms with van der Waals surface area (Å²) in [6, 6.07) is 4.92. The van der Waals surface area contributed by atoms with Crippen LogP contribution in [0, 0.1) is 5.82 Å². The van der Waals surface area contributed by atoms with Crippen LogP contribution in [0.4, 0.5) is 10.1 Å². The molecule has 2 fully saturated rings.